The van der Waals surface area contributed by atoms with Crippen LogP contribution >= 0.6 is 0 Å². The number of nitrogens with zero attached hydrogens (tertiary/aromatic N) is 2. The van der Waals surface area contributed by atoms with Crippen LogP contribution in [0.1, 0.15) is 35.1 Å². The summed E-state index contributed by atoms with van der Waals surface area (Å²) in [5.41, 5.74) is 18.0. The standard InChI is InChI=1S/C51H42N2/c1-35-15-13-21-39(31-35)52(37-17-5-3-6-18-37)41-27-29-45-46-30-28-42(53(38-19-7-4-8-20-38)40-22-14-16-36(2)32-40)34-50(46)51(49(45)33-41)47-25-11-9-23-43(47)44-24-10-12-26-48(44)51/h3-24,27-34,47-48H,25-26H2,1-2H3. The molecule has 0 heterocycles. The van der Waals surface area contributed by atoms with E-state index in [-0.39, 0.29) is 5.41 Å². The average Bonchev–Trinajstić information content (AvgIpc) is 3.66. The van der Waals surface area contributed by atoms with Crippen molar-refractivity contribution in [1.82, 2.24) is 0 Å². The fourth-order valence-electron chi connectivity index (χ4n) is 9.93. The molecule has 0 aromatic heterocycles. The number of fused-ring (bicyclic) bond motifs is 10. The smallest absolute Gasteiger partial charge is 0.0465 e. The Morgan fingerprint density at radius 2 is 0.849 bits per heavy atom. The van der Waals surface area contributed by atoms with Crippen molar-refractivity contribution >= 4 is 34.1 Å². The maximum Gasteiger partial charge on any atom is 0.0465 e. The Morgan fingerprint density at radius 1 is 0.434 bits per heavy atom. The van der Waals surface area contributed by atoms with Gasteiger partial charge in [-0.15, -0.1) is 0 Å². The molecule has 4 aliphatic carbocycles. The molecule has 2 heteroatoms. The maximum atomic E-state index is 2.55. The second-order valence-corrected chi connectivity index (χ2v) is 15.0. The van der Waals surface area contributed by atoms with Crippen molar-refractivity contribution in [2.75, 3.05) is 9.80 Å². The van der Waals surface area contributed by atoms with Crippen LogP contribution in [0.4, 0.5) is 34.1 Å². The number of benzene rings is 6. The number of hydrogen-bond acceptors (Lipinski definition) is 2. The van der Waals surface area contributed by atoms with Gasteiger partial charge in [-0.2, -0.15) is 0 Å². The molecule has 2 atom stereocenters. The first-order valence-corrected chi connectivity index (χ1v) is 19.0. The van der Waals surface area contributed by atoms with E-state index in [0.29, 0.717) is 11.8 Å². The predicted octanol–water partition coefficient (Wildman–Crippen LogP) is 13.5. The molecule has 1 fully saturated rings. The largest absolute Gasteiger partial charge is 0.310 e. The summed E-state index contributed by atoms with van der Waals surface area (Å²) in [6, 6.07) is 54.1. The molecule has 0 aliphatic heterocycles. The minimum Gasteiger partial charge on any atom is -0.310 e. The molecule has 0 N–H and O–H groups in total. The molecule has 0 amide bonds. The Kier molecular flexibility index (Phi) is 7.47. The van der Waals surface area contributed by atoms with Crippen LogP contribution in [0.15, 0.2) is 193 Å². The van der Waals surface area contributed by atoms with E-state index in [1.807, 2.05) is 0 Å². The predicted molar refractivity (Wildman–Crippen MR) is 222 cm³/mol. The molecular weight excluding hydrogens is 641 g/mol. The van der Waals surface area contributed by atoms with Gasteiger partial charge in [-0.1, -0.05) is 109 Å². The third-order valence-electron chi connectivity index (χ3n) is 12.0. The van der Waals surface area contributed by atoms with Crippen LogP contribution < -0.4 is 9.80 Å². The van der Waals surface area contributed by atoms with Crippen LogP contribution in [0.5, 0.6) is 0 Å². The average molecular weight is 683 g/mol. The Morgan fingerprint density at radius 3 is 1.28 bits per heavy atom. The third kappa shape index (κ3) is 4.93. The Balaban J connectivity index is 1.23. The van der Waals surface area contributed by atoms with E-state index < -0.39 is 0 Å². The van der Waals surface area contributed by atoms with Crippen LogP contribution in [0, 0.1) is 25.7 Å². The quantitative estimate of drug-likeness (QED) is 0.173. The molecule has 0 bridgehead atoms. The van der Waals surface area contributed by atoms with Crippen LogP contribution in [-0.2, 0) is 5.41 Å². The van der Waals surface area contributed by atoms with Crippen molar-refractivity contribution in [1.29, 1.82) is 0 Å². The van der Waals surface area contributed by atoms with Gasteiger partial charge in [0.15, 0.2) is 0 Å². The fraction of sp³-hybridized carbons (Fsp3) is 0.137. The monoisotopic (exact) mass is 682 g/mol. The lowest BCUT2D eigenvalue weighted by Crippen LogP contribution is -2.37. The van der Waals surface area contributed by atoms with Gasteiger partial charge in [-0.3, -0.25) is 0 Å². The van der Waals surface area contributed by atoms with E-state index in [1.54, 1.807) is 0 Å². The fourth-order valence-corrected chi connectivity index (χ4v) is 9.93. The number of aryl methyl sites for hydroxylation is 2. The number of rotatable bonds is 6. The normalized spacial score (nSPS) is 18.5. The molecule has 6 aromatic carbocycles. The summed E-state index contributed by atoms with van der Waals surface area (Å²) in [6.45, 7) is 4.36. The minimum atomic E-state index is -0.228. The lowest BCUT2D eigenvalue weighted by molar-refractivity contribution is 0.330. The molecule has 2 unspecified atom stereocenters. The molecule has 6 aromatic rings. The second-order valence-electron chi connectivity index (χ2n) is 15.0. The number of hydrogen-bond donors (Lipinski definition) is 0. The van der Waals surface area contributed by atoms with Crippen molar-refractivity contribution in [3.05, 3.63) is 215 Å². The molecule has 1 spiro atoms. The number of anilines is 6. The highest BCUT2D eigenvalue weighted by Crippen LogP contribution is 2.68. The van der Waals surface area contributed by atoms with Crippen LogP contribution in [0.2, 0.25) is 0 Å². The van der Waals surface area contributed by atoms with E-state index in [0.717, 1.165) is 24.2 Å². The molecule has 2 nitrogen and oxygen atoms in total. The Labute approximate surface area is 313 Å². The SMILES string of the molecule is Cc1cccc(N(c2ccccc2)c2ccc3c(c2)C2(c4cc(N(c5ccccc5)c5cccc(C)c5)ccc4-3)C3CC=CC=C3C3=CC=CCC32)c1. The van der Waals surface area contributed by atoms with Crippen LogP contribution in [0.25, 0.3) is 11.1 Å². The highest BCUT2D eigenvalue weighted by Gasteiger charge is 2.60. The third-order valence-corrected chi connectivity index (χ3v) is 12.0. The van der Waals surface area contributed by atoms with E-state index in [2.05, 4.69) is 206 Å². The van der Waals surface area contributed by atoms with Gasteiger partial charge in [0.05, 0.1) is 0 Å². The van der Waals surface area contributed by atoms with E-state index in [4.69, 9.17) is 0 Å². The first kappa shape index (κ1) is 31.6. The highest BCUT2D eigenvalue weighted by molar-refractivity contribution is 5.90. The second kappa shape index (κ2) is 12.5. The molecule has 256 valence electrons. The topological polar surface area (TPSA) is 6.48 Å². The van der Waals surface area contributed by atoms with E-state index in [9.17, 15) is 0 Å². The summed E-state index contributed by atoms with van der Waals surface area (Å²) in [7, 11) is 0. The van der Waals surface area contributed by atoms with Gasteiger partial charge < -0.3 is 9.80 Å². The van der Waals surface area contributed by atoms with Gasteiger partial charge in [0.2, 0.25) is 0 Å². The maximum absolute atomic E-state index is 2.55. The van der Waals surface area contributed by atoms with Gasteiger partial charge in [0.25, 0.3) is 0 Å². The lowest BCUT2D eigenvalue weighted by atomic mass is 9.62. The van der Waals surface area contributed by atoms with E-state index in [1.165, 1.54) is 67.3 Å². The molecule has 53 heavy (non-hydrogen) atoms. The first-order valence-electron chi connectivity index (χ1n) is 19.0. The summed E-state index contributed by atoms with van der Waals surface area (Å²) in [4.78, 5) is 4.88. The van der Waals surface area contributed by atoms with Crippen LogP contribution in [-0.4, -0.2) is 0 Å². The van der Waals surface area contributed by atoms with Gasteiger partial charge in [0, 0.05) is 51.4 Å². The zero-order valence-electron chi connectivity index (χ0n) is 30.3. The van der Waals surface area contributed by atoms with Gasteiger partial charge in [-0.05, 0) is 144 Å². The van der Waals surface area contributed by atoms with Gasteiger partial charge in [-0.25, -0.2) is 0 Å². The molecule has 0 saturated heterocycles. The zero-order valence-corrected chi connectivity index (χ0v) is 30.3. The molecular formula is C51H42N2. The Bertz CT molecular complexity index is 2320. The molecule has 4 aliphatic rings. The van der Waals surface area contributed by atoms with Crippen molar-refractivity contribution < 1.29 is 0 Å². The van der Waals surface area contributed by atoms with E-state index >= 15 is 0 Å². The molecule has 10 rings (SSSR count). The lowest BCUT2D eigenvalue weighted by Gasteiger charge is -2.40. The summed E-state index contributed by atoms with van der Waals surface area (Å²) >= 11 is 0. The minimum absolute atomic E-state index is 0.228. The van der Waals surface area contributed by atoms with Crippen molar-refractivity contribution in [2.45, 2.75) is 32.1 Å². The summed E-state index contributed by atoms with van der Waals surface area (Å²) in [6.07, 6.45) is 16.2. The molecule has 0 radical (unpaired) electrons. The summed E-state index contributed by atoms with van der Waals surface area (Å²) < 4.78 is 0. The van der Waals surface area contributed by atoms with Gasteiger partial charge in [0.1, 0.15) is 0 Å². The first-order chi connectivity index (χ1) is 26.1. The summed E-state index contributed by atoms with van der Waals surface area (Å²) in [5, 5.41) is 0. The Hall–Kier alpha value is -6.12. The zero-order chi connectivity index (χ0) is 35.5. The van der Waals surface area contributed by atoms with Crippen molar-refractivity contribution in [3.63, 3.8) is 0 Å². The van der Waals surface area contributed by atoms with Crippen LogP contribution in [0.3, 0.4) is 0 Å². The number of para-hydroxylation sites is 2. The molecule has 1 saturated carbocycles. The summed E-state index contributed by atoms with van der Waals surface area (Å²) in [5.74, 6) is 0.671. The number of allylic oxidation sites excluding steroid dienone is 8. The highest BCUT2D eigenvalue weighted by atomic mass is 15.1. The van der Waals surface area contributed by atoms with Gasteiger partial charge >= 0.3 is 0 Å². The van der Waals surface area contributed by atoms with Crippen molar-refractivity contribution in [2.24, 2.45) is 11.8 Å². The van der Waals surface area contributed by atoms with Crippen molar-refractivity contribution in [3.8, 4) is 11.1 Å².